The zero-order valence-corrected chi connectivity index (χ0v) is 28.2. The predicted octanol–water partition coefficient (Wildman–Crippen LogP) is 6.13. The molecule has 0 radical (unpaired) electrons. The van der Waals surface area contributed by atoms with Gasteiger partial charge in [0.15, 0.2) is 0 Å². The molecule has 1 atom stereocenters. The number of carbonyl (C=O) groups excluding carboxylic acids is 2. The zero-order chi connectivity index (χ0) is 32.6. The molecule has 0 spiro atoms. The molecule has 0 aliphatic heterocycles. The second kappa shape index (κ2) is 15.2. The number of aryl methyl sites for hydroxylation is 1. The number of hydrogen-bond donors (Lipinski definition) is 1. The third-order valence-electron chi connectivity index (χ3n) is 7.20. The number of rotatable bonds is 13. The molecule has 0 aliphatic rings. The average Bonchev–Trinajstić information content (AvgIpc) is 3.02. The summed E-state index contributed by atoms with van der Waals surface area (Å²) in [5, 5.41) is 2.97. The first-order valence-corrected chi connectivity index (χ1v) is 16.8. The summed E-state index contributed by atoms with van der Waals surface area (Å²) in [6.45, 7) is 5.13. The maximum Gasteiger partial charge on any atom is 0.264 e. The van der Waals surface area contributed by atoms with E-state index in [0.29, 0.717) is 5.75 Å². The first-order chi connectivity index (χ1) is 21.5. The Balaban J connectivity index is 1.81. The maximum absolute atomic E-state index is 14.5. The topological polar surface area (TPSA) is 96.0 Å². The van der Waals surface area contributed by atoms with Gasteiger partial charge in [0.2, 0.25) is 11.8 Å². The minimum atomic E-state index is -4.20. The molecule has 0 aromatic heterocycles. The Labute approximate surface area is 274 Å². The number of anilines is 1. The number of benzene rings is 4. The molecule has 10 heteroatoms. The third kappa shape index (κ3) is 8.95. The van der Waals surface area contributed by atoms with E-state index in [9.17, 15) is 18.0 Å². The quantitative estimate of drug-likeness (QED) is 0.182. The van der Waals surface area contributed by atoms with Gasteiger partial charge in [-0.25, -0.2) is 8.42 Å². The van der Waals surface area contributed by atoms with Crippen molar-refractivity contribution in [3.05, 3.63) is 124 Å². The molecule has 0 fully saturated rings. The molecular weight excluding hydrogens is 654 g/mol. The minimum Gasteiger partial charge on any atom is -0.497 e. The number of nitrogens with one attached hydrogen (secondary N) is 1. The fraction of sp³-hybridized carbons (Fsp3) is 0.257. The van der Waals surface area contributed by atoms with Crippen molar-refractivity contribution in [1.82, 2.24) is 10.2 Å². The molecule has 45 heavy (non-hydrogen) atoms. The van der Waals surface area contributed by atoms with Gasteiger partial charge in [0.1, 0.15) is 18.3 Å². The van der Waals surface area contributed by atoms with Crippen LogP contribution in [0.2, 0.25) is 0 Å². The molecular formula is C35H38BrN3O5S. The summed E-state index contributed by atoms with van der Waals surface area (Å²) < 4.78 is 35.7. The SMILES string of the molecule is COc1cccc(N(CC(=O)N(Cc2ccc(Br)cc2)[C@H](Cc2ccccc2)C(=O)NC(C)C)S(=O)(=O)c2ccc(C)cc2)c1. The highest BCUT2D eigenvalue weighted by Crippen LogP contribution is 2.28. The number of methoxy groups -OCH3 is 1. The van der Waals surface area contributed by atoms with Crippen LogP contribution in [0.1, 0.15) is 30.5 Å². The summed E-state index contributed by atoms with van der Waals surface area (Å²) in [6.07, 6.45) is 0.242. The molecule has 0 saturated carbocycles. The van der Waals surface area contributed by atoms with Crippen molar-refractivity contribution in [2.75, 3.05) is 18.0 Å². The molecule has 4 rings (SSSR count). The van der Waals surface area contributed by atoms with Crippen molar-refractivity contribution in [1.29, 1.82) is 0 Å². The maximum atomic E-state index is 14.5. The highest BCUT2D eigenvalue weighted by atomic mass is 79.9. The van der Waals surface area contributed by atoms with Crippen molar-refractivity contribution in [3.63, 3.8) is 0 Å². The number of sulfonamides is 1. The van der Waals surface area contributed by atoms with Crippen LogP contribution in [0.25, 0.3) is 0 Å². The van der Waals surface area contributed by atoms with Crippen LogP contribution in [-0.4, -0.2) is 50.9 Å². The zero-order valence-electron chi connectivity index (χ0n) is 25.8. The lowest BCUT2D eigenvalue weighted by Crippen LogP contribution is -2.54. The van der Waals surface area contributed by atoms with E-state index >= 15 is 0 Å². The average molecular weight is 693 g/mol. The highest BCUT2D eigenvalue weighted by molar-refractivity contribution is 9.10. The molecule has 0 bridgehead atoms. The molecule has 8 nitrogen and oxygen atoms in total. The van der Waals surface area contributed by atoms with Crippen molar-refractivity contribution in [2.24, 2.45) is 0 Å². The molecule has 2 amide bonds. The van der Waals surface area contributed by atoms with Crippen LogP contribution in [0.4, 0.5) is 5.69 Å². The molecule has 0 aliphatic carbocycles. The van der Waals surface area contributed by atoms with E-state index in [4.69, 9.17) is 4.74 Å². The Morgan fingerprint density at radius 1 is 0.867 bits per heavy atom. The summed E-state index contributed by atoms with van der Waals surface area (Å²) >= 11 is 3.45. The van der Waals surface area contributed by atoms with Crippen LogP contribution >= 0.6 is 15.9 Å². The summed E-state index contributed by atoms with van der Waals surface area (Å²) in [6, 6.07) is 28.9. The first-order valence-electron chi connectivity index (χ1n) is 14.6. The normalized spacial score (nSPS) is 12.0. The van der Waals surface area contributed by atoms with E-state index in [-0.39, 0.29) is 35.5 Å². The number of hydrogen-bond acceptors (Lipinski definition) is 5. The Morgan fingerprint density at radius 2 is 1.53 bits per heavy atom. The summed E-state index contributed by atoms with van der Waals surface area (Å²) in [4.78, 5) is 29.8. The van der Waals surface area contributed by atoms with Crippen LogP contribution < -0.4 is 14.4 Å². The third-order valence-corrected chi connectivity index (χ3v) is 9.51. The van der Waals surface area contributed by atoms with Crippen molar-refractivity contribution in [3.8, 4) is 5.75 Å². The van der Waals surface area contributed by atoms with Gasteiger partial charge in [0, 0.05) is 29.5 Å². The van der Waals surface area contributed by atoms with Gasteiger partial charge in [-0.05, 0) is 68.3 Å². The standard InChI is InChI=1S/C35H38BrN3O5S/c1-25(2)37-35(41)33(21-27-9-6-5-7-10-27)38(23-28-15-17-29(36)18-16-28)34(40)24-39(30-11-8-12-31(22-30)44-4)45(42,43)32-19-13-26(3)14-20-32/h5-20,22,25,33H,21,23-24H2,1-4H3,(H,37,41)/t33-/m1/s1. The Hall–Kier alpha value is -4.15. The molecule has 1 N–H and O–H groups in total. The minimum absolute atomic E-state index is 0.0431. The van der Waals surface area contributed by atoms with Gasteiger partial charge in [0.05, 0.1) is 17.7 Å². The lowest BCUT2D eigenvalue weighted by Gasteiger charge is -2.34. The molecule has 236 valence electrons. The highest BCUT2D eigenvalue weighted by Gasteiger charge is 2.35. The summed E-state index contributed by atoms with van der Waals surface area (Å²) in [5.74, 6) is -0.418. The largest absolute Gasteiger partial charge is 0.497 e. The number of halogens is 1. The van der Waals surface area contributed by atoms with Crippen molar-refractivity contribution >= 4 is 43.5 Å². The van der Waals surface area contributed by atoms with Crippen LogP contribution in [0.15, 0.2) is 112 Å². The van der Waals surface area contributed by atoms with Crippen molar-refractivity contribution < 1.29 is 22.7 Å². The second-order valence-corrected chi connectivity index (χ2v) is 13.8. The van der Waals surface area contributed by atoms with Gasteiger partial charge in [-0.2, -0.15) is 0 Å². The van der Waals surface area contributed by atoms with Gasteiger partial charge >= 0.3 is 0 Å². The molecule has 0 saturated heterocycles. The number of nitrogens with zero attached hydrogens (tertiary/aromatic N) is 2. The van der Waals surface area contributed by atoms with E-state index < -0.39 is 28.5 Å². The fourth-order valence-corrected chi connectivity index (χ4v) is 6.52. The fourth-order valence-electron chi connectivity index (χ4n) is 4.85. The number of ether oxygens (including phenoxy) is 1. The predicted molar refractivity (Wildman–Crippen MR) is 181 cm³/mol. The molecule has 4 aromatic carbocycles. The van der Waals surface area contributed by atoms with Gasteiger partial charge in [0.25, 0.3) is 10.0 Å². The monoisotopic (exact) mass is 691 g/mol. The van der Waals surface area contributed by atoms with Crippen LogP contribution in [0.3, 0.4) is 0 Å². The van der Waals surface area contributed by atoms with Crippen LogP contribution in [0, 0.1) is 6.92 Å². The lowest BCUT2D eigenvalue weighted by atomic mass is 10.0. The molecule has 0 unspecified atom stereocenters. The number of carbonyl (C=O) groups is 2. The summed E-state index contributed by atoms with van der Waals surface area (Å²) in [7, 11) is -2.71. The van der Waals surface area contributed by atoms with E-state index in [1.165, 1.54) is 24.1 Å². The second-order valence-electron chi connectivity index (χ2n) is 11.0. The van der Waals surface area contributed by atoms with Crippen LogP contribution in [-0.2, 0) is 32.6 Å². The molecule has 4 aromatic rings. The van der Waals surface area contributed by atoms with Gasteiger partial charge in [-0.1, -0.05) is 82.2 Å². The molecule has 0 heterocycles. The van der Waals surface area contributed by atoms with Crippen molar-refractivity contribution in [2.45, 2.75) is 50.7 Å². The Morgan fingerprint density at radius 3 is 2.16 bits per heavy atom. The van der Waals surface area contributed by atoms with E-state index in [0.717, 1.165) is 25.5 Å². The van der Waals surface area contributed by atoms with Gasteiger partial charge in [-0.15, -0.1) is 0 Å². The number of amides is 2. The summed E-state index contributed by atoms with van der Waals surface area (Å²) in [5.41, 5.74) is 2.82. The van der Waals surface area contributed by atoms with E-state index in [1.807, 2.05) is 75.4 Å². The first kappa shape index (κ1) is 33.7. The smallest absolute Gasteiger partial charge is 0.264 e. The Kier molecular flexibility index (Phi) is 11.4. The van der Waals surface area contributed by atoms with Crippen LogP contribution in [0.5, 0.6) is 5.75 Å². The van der Waals surface area contributed by atoms with Gasteiger partial charge < -0.3 is 15.0 Å². The van der Waals surface area contributed by atoms with E-state index in [2.05, 4.69) is 21.2 Å². The van der Waals surface area contributed by atoms with Gasteiger partial charge in [-0.3, -0.25) is 13.9 Å². The van der Waals surface area contributed by atoms with E-state index in [1.54, 1.807) is 36.4 Å². The Bertz CT molecular complexity index is 1700. The lowest BCUT2D eigenvalue weighted by molar-refractivity contribution is -0.140.